The van der Waals surface area contributed by atoms with Gasteiger partial charge in [0.15, 0.2) is 0 Å². The normalized spacial score (nSPS) is 38.7. The Morgan fingerprint density at radius 3 is 3.04 bits per heavy atom. The Bertz CT molecular complexity index is 669. The van der Waals surface area contributed by atoms with E-state index in [4.69, 9.17) is 9.15 Å². The SMILES string of the molecule is C[C@@H]1CC[C@@]23COC(=O)C2=CC=C[C@H]3[C@@]1(C)CCc1ccoc1. The zero-order chi connectivity index (χ0) is 16.1. The monoisotopic (exact) mass is 312 g/mol. The molecule has 3 heteroatoms. The van der Waals surface area contributed by atoms with Crippen LogP contribution in [0.15, 0.2) is 46.8 Å². The number of carbonyl (C=O) groups is 1. The molecular weight excluding hydrogens is 288 g/mol. The number of furan rings is 1. The van der Waals surface area contributed by atoms with Crippen molar-refractivity contribution in [1.82, 2.24) is 0 Å². The summed E-state index contributed by atoms with van der Waals surface area (Å²) in [4.78, 5) is 12.2. The first-order valence-corrected chi connectivity index (χ1v) is 8.63. The highest BCUT2D eigenvalue weighted by Gasteiger charge is 2.59. The van der Waals surface area contributed by atoms with E-state index < -0.39 is 0 Å². The van der Waals surface area contributed by atoms with Gasteiger partial charge in [-0.25, -0.2) is 4.79 Å². The molecule has 0 amide bonds. The van der Waals surface area contributed by atoms with E-state index in [-0.39, 0.29) is 16.8 Å². The smallest absolute Gasteiger partial charge is 0.334 e. The van der Waals surface area contributed by atoms with Crippen LogP contribution in [0, 0.1) is 22.7 Å². The molecule has 1 aromatic rings. The fourth-order valence-electron chi connectivity index (χ4n) is 5.07. The molecule has 1 spiro atoms. The summed E-state index contributed by atoms with van der Waals surface area (Å²) in [6, 6.07) is 2.05. The summed E-state index contributed by atoms with van der Waals surface area (Å²) >= 11 is 0. The van der Waals surface area contributed by atoms with Gasteiger partial charge in [-0.2, -0.15) is 0 Å². The first-order chi connectivity index (χ1) is 11.1. The third-order valence-electron chi connectivity index (χ3n) is 6.77. The van der Waals surface area contributed by atoms with E-state index in [1.807, 2.05) is 12.3 Å². The Balaban J connectivity index is 1.67. The van der Waals surface area contributed by atoms with Crippen LogP contribution in [0.5, 0.6) is 0 Å². The van der Waals surface area contributed by atoms with Crippen LogP contribution in [0.3, 0.4) is 0 Å². The molecule has 0 N–H and O–H groups in total. The van der Waals surface area contributed by atoms with Gasteiger partial charge in [-0.1, -0.05) is 32.1 Å². The van der Waals surface area contributed by atoms with Crippen LogP contribution in [0.25, 0.3) is 0 Å². The van der Waals surface area contributed by atoms with Gasteiger partial charge in [-0.3, -0.25) is 0 Å². The van der Waals surface area contributed by atoms with Crippen LogP contribution < -0.4 is 0 Å². The van der Waals surface area contributed by atoms with Crippen LogP contribution in [0.1, 0.15) is 38.7 Å². The number of rotatable bonds is 3. The van der Waals surface area contributed by atoms with E-state index in [0.29, 0.717) is 18.4 Å². The molecule has 3 nitrogen and oxygen atoms in total. The number of allylic oxidation sites excluding steroid dienone is 3. The topological polar surface area (TPSA) is 39.4 Å². The maximum Gasteiger partial charge on any atom is 0.334 e. The van der Waals surface area contributed by atoms with Crippen molar-refractivity contribution in [1.29, 1.82) is 0 Å². The van der Waals surface area contributed by atoms with Crippen molar-refractivity contribution >= 4 is 5.97 Å². The van der Waals surface area contributed by atoms with Gasteiger partial charge < -0.3 is 9.15 Å². The Kier molecular flexibility index (Phi) is 3.29. The largest absolute Gasteiger partial charge is 0.472 e. The van der Waals surface area contributed by atoms with Gasteiger partial charge in [0.1, 0.15) is 6.61 Å². The number of esters is 1. The molecule has 4 atom stereocenters. The molecule has 2 aliphatic carbocycles. The van der Waals surface area contributed by atoms with Crippen LogP contribution in [0.2, 0.25) is 0 Å². The van der Waals surface area contributed by atoms with E-state index in [9.17, 15) is 4.79 Å². The Labute approximate surface area is 137 Å². The van der Waals surface area contributed by atoms with Gasteiger partial charge >= 0.3 is 5.97 Å². The standard InChI is InChI=1S/C20H24O3/c1-14-6-10-20-13-23-18(21)16(20)4-3-5-17(20)19(14,2)9-7-15-8-11-22-12-15/h3-5,8,11-12,14,17H,6-7,9-10,13H2,1-2H3/t14-,17+,19+,20-/m1/s1. The van der Waals surface area contributed by atoms with E-state index in [2.05, 4.69) is 32.1 Å². The number of ether oxygens (including phenoxy) is 1. The van der Waals surface area contributed by atoms with E-state index in [0.717, 1.165) is 31.3 Å². The minimum atomic E-state index is -0.105. The molecule has 122 valence electrons. The highest BCUT2D eigenvalue weighted by molar-refractivity contribution is 5.93. The van der Waals surface area contributed by atoms with Crippen LogP contribution in [0.4, 0.5) is 0 Å². The zero-order valence-electron chi connectivity index (χ0n) is 13.9. The molecule has 4 rings (SSSR count). The molecular formula is C20H24O3. The number of carbonyl (C=O) groups excluding carboxylic acids is 1. The molecule has 23 heavy (non-hydrogen) atoms. The van der Waals surface area contributed by atoms with E-state index >= 15 is 0 Å². The van der Waals surface area contributed by atoms with Gasteiger partial charge in [0.2, 0.25) is 0 Å². The van der Waals surface area contributed by atoms with Crippen molar-refractivity contribution in [2.24, 2.45) is 22.7 Å². The lowest BCUT2D eigenvalue weighted by molar-refractivity contribution is -0.135. The van der Waals surface area contributed by atoms with Gasteiger partial charge in [0.25, 0.3) is 0 Å². The summed E-state index contributed by atoms with van der Waals surface area (Å²) in [5.74, 6) is 0.896. The first kappa shape index (κ1) is 14.8. The summed E-state index contributed by atoms with van der Waals surface area (Å²) in [7, 11) is 0. The van der Waals surface area contributed by atoms with Gasteiger partial charge in [-0.05, 0) is 54.6 Å². The Hall–Kier alpha value is -1.77. The first-order valence-electron chi connectivity index (χ1n) is 8.63. The van der Waals surface area contributed by atoms with Crippen molar-refractivity contribution in [2.75, 3.05) is 6.61 Å². The zero-order valence-corrected chi connectivity index (χ0v) is 13.9. The number of hydrogen-bond donors (Lipinski definition) is 0. The molecule has 0 aromatic carbocycles. The second-order valence-corrected chi connectivity index (χ2v) is 7.75. The lowest BCUT2D eigenvalue weighted by Crippen LogP contribution is -2.50. The second kappa shape index (κ2) is 5.12. The second-order valence-electron chi connectivity index (χ2n) is 7.75. The molecule has 2 fully saturated rings. The third kappa shape index (κ3) is 2.05. The van der Waals surface area contributed by atoms with Gasteiger partial charge in [0.05, 0.1) is 12.5 Å². The predicted octanol–water partition coefficient (Wildman–Crippen LogP) is 4.30. The van der Waals surface area contributed by atoms with Crippen LogP contribution in [-0.4, -0.2) is 12.6 Å². The summed E-state index contributed by atoms with van der Waals surface area (Å²) in [5.41, 5.74) is 2.24. The van der Waals surface area contributed by atoms with Crippen molar-refractivity contribution in [3.63, 3.8) is 0 Å². The van der Waals surface area contributed by atoms with Gasteiger partial charge in [0, 0.05) is 11.0 Å². The lowest BCUT2D eigenvalue weighted by Gasteiger charge is -2.55. The van der Waals surface area contributed by atoms with E-state index in [1.165, 1.54) is 5.56 Å². The van der Waals surface area contributed by atoms with Crippen LogP contribution >= 0.6 is 0 Å². The maximum absolute atomic E-state index is 12.2. The van der Waals surface area contributed by atoms with Crippen molar-refractivity contribution in [3.05, 3.63) is 48.0 Å². The third-order valence-corrected chi connectivity index (χ3v) is 6.77. The number of hydrogen-bond acceptors (Lipinski definition) is 3. The predicted molar refractivity (Wildman–Crippen MR) is 87.6 cm³/mol. The number of cyclic esters (lactones) is 1. The summed E-state index contributed by atoms with van der Waals surface area (Å²) < 4.78 is 10.7. The van der Waals surface area contributed by atoms with Crippen molar-refractivity contribution in [3.8, 4) is 0 Å². The minimum absolute atomic E-state index is 0.0938. The Morgan fingerprint density at radius 2 is 2.26 bits per heavy atom. The number of aryl methyl sites for hydroxylation is 1. The summed E-state index contributed by atoms with van der Waals surface area (Å²) in [5, 5.41) is 0. The molecule has 0 unspecified atom stereocenters. The average Bonchev–Trinajstić information content (AvgIpc) is 3.18. The van der Waals surface area contributed by atoms with Crippen molar-refractivity contribution in [2.45, 2.75) is 39.5 Å². The minimum Gasteiger partial charge on any atom is -0.472 e. The summed E-state index contributed by atoms with van der Waals surface area (Å²) in [6.07, 6.45) is 14.3. The quantitative estimate of drug-likeness (QED) is 0.781. The highest BCUT2D eigenvalue weighted by atomic mass is 16.5. The molecule has 3 aliphatic rings. The molecule has 2 heterocycles. The molecule has 1 aromatic heterocycles. The molecule has 0 radical (unpaired) electrons. The molecule has 1 saturated carbocycles. The lowest BCUT2D eigenvalue weighted by atomic mass is 9.48. The van der Waals surface area contributed by atoms with Gasteiger partial charge in [-0.15, -0.1) is 0 Å². The fourth-order valence-corrected chi connectivity index (χ4v) is 5.07. The fraction of sp³-hybridized carbons (Fsp3) is 0.550. The maximum atomic E-state index is 12.2. The molecule has 1 saturated heterocycles. The highest BCUT2D eigenvalue weighted by Crippen LogP contribution is 2.62. The molecule has 0 bridgehead atoms. The Morgan fingerprint density at radius 1 is 1.39 bits per heavy atom. The van der Waals surface area contributed by atoms with E-state index in [1.54, 1.807) is 6.26 Å². The molecule has 1 aliphatic heterocycles. The van der Waals surface area contributed by atoms with Crippen molar-refractivity contribution < 1.29 is 13.9 Å². The summed E-state index contributed by atoms with van der Waals surface area (Å²) in [6.45, 7) is 5.33. The average molecular weight is 312 g/mol. The van der Waals surface area contributed by atoms with Crippen LogP contribution in [-0.2, 0) is 16.0 Å².